The SMILES string of the molecule is O=C1CN(c2ccc(NC(=O)Cn3nc4n(c3=O)CCCCC4)cc2Cl)CCN1. The van der Waals surface area contributed by atoms with Crippen LogP contribution in [0.1, 0.15) is 25.1 Å². The second kappa shape index (κ2) is 8.28. The maximum Gasteiger partial charge on any atom is 0.346 e. The third-order valence-corrected chi connectivity index (χ3v) is 5.49. The number of halogens is 1. The second-order valence-corrected chi connectivity index (χ2v) is 7.71. The molecule has 10 heteroatoms. The lowest BCUT2D eigenvalue weighted by Gasteiger charge is -2.29. The number of rotatable bonds is 4. The van der Waals surface area contributed by atoms with Crippen LogP contribution in [0.25, 0.3) is 0 Å². The summed E-state index contributed by atoms with van der Waals surface area (Å²) in [6, 6.07) is 5.16. The molecule has 0 unspecified atom stereocenters. The zero-order valence-corrected chi connectivity index (χ0v) is 16.7. The molecule has 0 radical (unpaired) electrons. The van der Waals surface area contributed by atoms with E-state index in [0.29, 0.717) is 30.3 Å². The van der Waals surface area contributed by atoms with Gasteiger partial charge in [0.2, 0.25) is 11.8 Å². The van der Waals surface area contributed by atoms with E-state index < -0.39 is 0 Å². The molecule has 2 aliphatic rings. The molecule has 29 heavy (non-hydrogen) atoms. The van der Waals surface area contributed by atoms with Gasteiger partial charge in [0.05, 0.1) is 17.3 Å². The van der Waals surface area contributed by atoms with Gasteiger partial charge in [-0.2, -0.15) is 5.10 Å². The highest BCUT2D eigenvalue weighted by Gasteiger charge is 2.20. The largest absolute Gasteiger partial charge is 0.359 e. The minimum absolute atomic E-state index is 0.0476. The van der Waals surface area contributed by atoms with Crippen LogP contribution < -0.4 is 21.2 Å². The number of anilines is 2. The molecule has 9 nitrogen and oxygen atoms in total. The van der Waals surface area contributed by atoms with Crippen molar-refractivity contribution < 1.29 is 9.59 Å². The Morgan fingerprint density at radius 3 is 2.86 bits per heavy atom. The van der Waals surface area contributed by atoms with Gasteiger partial charge in [-0.3, -0.25) is 14.2 Å². The van der Waals surface area contributed by atoms with Crippen LogP contribution in [0.2, 0.25) is 5.02 Å². The number of nitrogens with one attached hydrogen (secondary N) is 2. The Bertz CT molecular complexity index is 998. The number of piperazine rings is 1. The minimum atomic E-state index is -0.346. The van der Waals surface area contributed by atoms with Gasteiger partial charge in [0.1, 0.15) is 12.4 Å². The number of hydrogen-bond donors (Lipinski definition) is 2. The summed E-state index contributed by atoms with van der Waals surface area (Å²) < 4.78 is 2.89. The van der Waals surface area contributed by atoms with Crippen molar-refractivity contribution in [3.8, 4) is 0 Å². The zero-order valence-electron chi connectivity index (χ0n) is 16.0. The number of nitrogens with zero attached hydrogens (tertiary/aromatic N) is 4. The van der Waals surface area contributed by atoms with Crippen molar-refractivity contribution in [2.24, 2.45) is 0 Å². The van der Waals surface area contributed by atoms with Gasteiger partial charge >= 0.3 is 5.69 Å². The van der Waals surface area contributed by atoms with Gasteiger partial charge in [-0.05, 0) is 31.0 Å². The third-order valence-electron chi connectivity index (χ3n) is 5.19. The number of carbonyl (C=O) groups is 2. The standard InChI is InChI=1S/C19H23ClN6O3/c20-14-10-13(5-6-15(14)24-9-7-21-17(27)11-24)22-18(28)12-26-19(29)25-8-3-1-2-4-16(25)23-26/h5-6,10H,1-4,7-9,11-12H2,(H,21,27)(H,22,28). The monoisotopic (exact) mass is 418 g/mol. The predicted molar refractivity (Wildman–Crippen MR) is 109 cm³/mol. The molecule has 0 bridgehead atoms. The quantitative estimate of drug-likeness (QED) is 0.771. The molecule has 0 aliphatic carbocycles. The Kier molecular flexibility index (Phi) is 5.57. The molecule has 1 aromatic carbocycles. The van der Waals surface area contributed by atoms with Crippen molar-refractivity contribution in [2.75, 3.05) is 29.9 Å². The van der Waals surface area contributed by atoms with E-state index in [1.165, 1.54) is 4.68 Å². The van der Waals surface area contributed by atoms with Gasteiger partial charge in [-0.1, -0.05) is 18.0 Å². The number of aromatic nitrogens is 3. The number of fused-ring (bicyclic) bond motifs is 1. The Balaban J connectivity index is 1.43. The summed E-state index contributed by atoms with van der Waals surface area (Å²) in [5.74, 6) is 0.355. The molecule has 2 aliphatic heterocycles. The van der Waals surface area contributed by atoms with E-state index >= 15 is 0 Å². The van der Waals surface area contributed by atoms with Crippen LogP contribution in [0.15, 0.2) is 23.0 Å². The van der Waals surface area contributed by atoms with E-state index in [1.54, 1.807) is 22.8 Å². The number of carbonyl (C=O) groups excluding carboxylic acids is 2. The summed E-state index contributed by atoms with van der Waals surface area (Å²) >= 11 is 6.37. The second-order valence-electron chi connectivity index (χ2n) is 7.30. The average Bonchev–Trinajstić information content (AvgIpc) is 2.84. The fourth-order valence-electron chi connectivity index (χ4n) is 3.75. The molecule has 2 amide bonds. The number of aryl methyl sites for hydroxylation is 1. The molecule has 4 rings (SSSR count). The molecule has 0 saturated carbocycles. The first kappa shape index (κ1) is 19.5. The molecular weight excluding hydrogens is 396 g/mol. The fraction of sp³-hybridized carbons (Fsp3) is 0.474. The zero-order chi connectivity index (χ0) is 20.4. The first-order chi connectivity index (χ1) is 14.0. The molecule has 1 saturated heterocycles. The van der Waals surface area contributed by atoms with Gasteiger partial charge in [0, 0.05) is 31.7 Å². The number of amides is 2. The van der Waals surface area contributed by atoms with Crippen LogP contribution in [-0.4, -0.2) is 45.8 Å². The van der Waals surface area contributed by atoms with Crippen LogP contribution in [-0.2, 0) is 29.1 Å². The van der Waals surface area contributed by atoms with Crippen LogP contribution in [0.5, 0.6) is 0 Å². The summed E-state index contributed by atoms with van der Waals surface area (Å²) in [6.07, 6.45) is 3.80. The van der Waals surface area contributed by atoms with Crippen LogP contribution in [0, 0.1) is 0 Å². The van der Waals surface area contributed by atoms with Crippen molar-refractivity contribution >= 4 is 34.8 Å². The molecule has 2 aromatic rings. The van der Waals surface area contributed by atoms with Gasteiger partial charge in [0.25, 0.3) is 0 Å². The van der Waals surface area contributed by atoms with E-state index in [9.17, 15) is 14.4 Å². The highest BCUT2D eigenvalue weighted by Crippen LogP contribution is 2.29. The fourth-order valence-corrected chi connectivity index (χ4v) is 4.05. The van der Waals surface area contributed by atoms with E-state index in [0.717, 1.165) is 37.2 Å². The Morgan fingerprint density at radius 2 is 2.07 bits per heavy atom. The summed E-state index contributed by atoms with van der Waals surface area (Å²) in [6.45, 7) is 1.99. The van der Waals surface area contributed by atoms with E-state index in [4.69, 9.17) is 11.6 Å². The Hall–Kier alpha value is -2.81. The molecule has 1 fully saturated rings. The molecule has 3 heterocycles. The first-order valence-electron chi connectivity index (χ1n) is 9.79. The van der Waals surface area contributed by atoms with E-state index in [-0.39, 0.29) is 30.6 Å². The van der Waals surface area contributed by atoms with E-state index in [2.05, 4.69) is 15.7 Å². The van der Waals surface area contributed by atoms with Crippen LogP contribution in [0.3, 0.4) is 0 Å². The van der Waals surface area contributed by atoms with Gasteiger partial charge < -0.3 is 15.5 Å². The lowest BCUT2D eigenvalue weighted by atomic mass is 10.2. The van der Waals surface area contributed by atoms with Crippen LogP contribution in [0.4, 0.5) is 11.4 Å². The minimum Gasteiger partial charge on any atom is -0.359 e. The Labute approximate surface area is 172 Å². The molecular formula is C19H23ClN6O3. The molecule has 2 N–H and O–H groups in total. The summed E-state index contributed by atoms with van der Waals surface area (Å²) in [4.78, 5) is 38.4. The van der Waals surface area contributed by atoms with Crippen molar-refractivity contribution in [3.05, 3.63) is 39.5 Å². The van der Waals surface area contributed by atoms with Crippen molar-refractivity contribution in [3.63, 3.8) is 0 Å². The normalized spacial score (nSPS) is 16.7. The van der Waals surface area contributed by atoms with Gasteiger partial charge in [-0.15, -0.1) is 0 Å². The van der Waals surface area contributed by atoms with Crippen molar-refractivity contribution in [1.82, 2.24) is 19.7 Å². The smallest absolute Gasteiger partial charge is 0.346 e. The highest BCUT2D eigenvalue weighted by atomic mass is 35.5. The summed E-state index contributed by atoms with van der Waals surface area (Å²) in [5, 5.41) is 10.3. The summed E-state index contributed by atoms with van der Waals surface area (Å²) in [5.41, 5.74) is 1.03. The predicted octanol–water partition coefficient (Wildman–Crippen LogP) is 0.999. The van der Waals surface area contributed by atoms with Crippen molar-refractivity contribution in [2.45, 2.75) is 38.8 Å². The lowest BCUT2D eigenvalue weighted by Crippen LogP contribution is -2.47. The van der Waals surface area contributed by atoms with Gasteiger partial charge in [-0.25, -0.2) is 9.48 Å². The average molecular weight is 419 g/mol. The maximum atomic E-state index is 12.5. The first-order valence-corrected chi connectivity index (χ1v) is 10.2. The van der Waals surface area contributed by atoms with Crippen LogP contribution >= 0.6 is 11.6 Å². The molecule has 0 spiro atoms. The number of benzene rings is 1. The van der Waals surface area contributed by atoms with Crippen molar-refractivity contribution in [1.29, 1.82) is 0 Å². The highest BCUT2D eigenvalue weighted by molar-refractivity contribution is 6.33. The number of hydrogen-bond acceptors (Lipinski definition) is 5. The van der Waals surface area contributed by atoms with E-state index in [1.807, 2.05) is 4.90 Å². The summed E-state index contributed by atoms with van der Waals surface area (Å²) in [7, 11) is 0. The molecule has 1 aromatic heterocycles. The van der Waals surface area contributed by atoms with Gasteiger partial charge in [0.15, 0.2) is 0 Å². The Morgan fingerprint density at radius 1 is 1.21 bits per heavy atom. The third kappa shape index (κ3) is 4.29. The maximum absolute atomic E-state index is 12.5. The topological polar surface area (TPSA) is 101 Å². The molecule has 0 atom stereocenters. The lowest BCUT2D eigenvalue weighted by molar-refractivity contribution is -0.120. The molecule has 154 valence electrons.